The number of nitrogen functional groups attached to an aromatic ring is 1. The van der Waals surface area contributed by atoms with Crippen molar-refractivity contribution >= 4 is 17.7 Å². The number of imidazole rings is 1. The number of hydrogen-bond donors (Lipinski definition) is 2. The Labute approximate surface area is 115 Å². The first-order valence-corrected chi connectivity index (χ1v) is 5.94. The number of primary amides is 1. The number of benzene rings is 1. The molecule has 0 fully saturated rings. The monoisotopic (exact) mass is 274 g/mol. The van der Waals surface area contributed by atoms with E-state index in [1.54, 1.807) is 31.2 Å². The number of aromatic nitrogens is 2. The maximum Gasteiger partial charge on any atom is 0.360 e. The molecule has 0 saturated carbocycles. The van der Waals surface area contributed by atoms with Crippen molar-refractivity contribution in [1.29, 1.82) is 0 Å². The topological polar surface area (TPSA) is 113 Å². The molecule has 20 heavy (non-hydrogen) atoms. The van der Waals surface area contributed by atoms with Gasteiger partial charge in [-0.05, 0) is 25.1 Å². The van der Waals surface area contributed by atoms with Gasteiger partial charge in [0.05, 0.1) is 6.61 Å². The van der Waals surface area contributed by atoms with Crippen LogP contribution in [0, 0.1) is 0 Å². The van der Waals surface area contributed by atoms with Gasteiger partial charge >= 0.3 is 5.97 Å². The summed E-state index contributed by atoms with van der Waals surface area (Å²) in [5.41, 5.74) is 12.1. The third-order valence-electron chi connectivity index (χ3n) is 2.68. The predicted molar refractivity (Wildman–Crippen MR) is 72.5 cm³/mol. The Morgan fingerprint density at radius 1 is 1.40 bits per heavy atom. The average molecular weight is 274 g/mol. The van der Waals surface area contributed by atoms with Gasteiger partial charge in [0.25, 0.3) is 0 Å². The Morgan fingerprint density at radius 3 is 2.80 bits per heavy atom. The maximum atomic E-state index is 11.6. The van der Waals surface area contributed by atoms with Crippen molar-refractivity contribution in [2.24, 2.45) is 5.73 Å². The molecule has 4 N–H and O–H groups in total. The molecule has 1 aromatic carbocycles. The van der Waals surface area contributed by atoms with Crippen LogP contribution < -0.4 is 11.5 Å². The molecule has 104 valence electrons. The smallest absolute Gasteiger partial charge is 0.360 e. The van der Waals surface area contributed by atoms with E-state index in [2.05, 4.69) is 4.98 Å². The number of rotatable bonds is 4. The molecule has 0 aliphatic carbocycles. The van der Waals surface area contributed by atoms with Gasteiger partial charge in [0, 0.05) is 11.3 Å². The second-order valence-electron chi connectivity index (χ2n) is 3.98. The van der Waals surface area contributed by atoms with Gasteiger partial charge in [-0.15, -0.1) is 0 Å². The molecule has 0 unspecified atom stereocenters. The highest BCUT2D eigenvalue weighted by atomic mass is 16.5. The predicted octanol–water partition coefficient (Wildman–Crippen LogP) is 0.730. The lowest BCUT2D eigenvalue weighted by atomic mass is 10.2. The molecule has 0 atom stereocenters. The zero-order valence-corrected chi connectivity index (χ0v) is 10.9. The highest BCUT2D eigenvalue weighted by Gasteiger charge is 2.17. The molecule has 7 heteroatoms. The van der Waals surface area contributed by atoms with E-state index in [0.717, 1.165) is 0 Å². The van der Waals surface area contributed by atoms with Crippen LogP contribution in [-0.2, 0) is 4.74 Å². The Bertz CT molecular complexity index is 663. The van der Waals surface area contributed by atoms with Crippen LogP contribution in [0.25, 0.3) is 5.69 Å². The van der Waals surface area contributed by atoms with E-state index in [0.29, 0.717) is 11.3 Å². The lowest BCUT2D eigenvalue weighted by Gasteiger charge is -2.06. The third kappa shape index (κ3) is 2.46. The number of carbonyl (C=O) groups excluding carboxylic acids is 2. The number of carbonyl (C=O) groups is 2. The summed E-state index contributed by atoms with van der Waals surface area (Å²) in [7, 11) is 0. The number of amides is 1. The molecule has 0 aliphatic heterocycles. The van der Waals surface area contributed by atoms with Crippen LogP contribution in [0.15, 0.2) is 30.6 Å². The summed E-state index contributed by atoms with van der Waals surface area (Å²) in [6.07, 6.45) is 1.39. The zero-order valence-electron chi connectivity index (χ0n) is 10.9. The Balaban J connectivity index is 2.42. The van der Waals surface area contributed by atoms with Gasteiger partial charge in [-0.1, -0.05) is 6.07 Å². The van der Waals surface area contributed by atoms with Crippen molar-refractivity contribution in [3.63, 3.8) is 0 Å². The van der Waals surface area contributed by atoms with Crippen LogP contribution in [0.1, 0.15) is 27.8 Å². The summed E-state index contributed by atoms with van der Waals surface area (Å²) in [5.74, 6) is -0.990. The fourth-order valence-electron chi connectivity index (χ4n) is 1.73. The average Bonchev–Trinajstić information content (AvgIpc) is 2.81. The molecule has 0 saturated heterocycles. The first-order valence-electron chi connectivity index (χ1n) is 5.94. The molecular formula is C13H14N4O3. The first-order chi connectivity index (χ1) is 9.54. The van der Waals surface area contributed by atoms with Crippen LogP contribution in [0.2, 0.25) is 0 Å². The minimum Gasteiger partial charge on any atom is -0.461 e. The summed E-state index contributed by atoms with van der Waals surface area (Å²) in [5, 5.41) is 0. The van der Waals surface area contributed by atoms with E-state index >= 15 is 0 Å². The van der Waals surface area contributed by atoms with Crippen LogP contribution in [-0.4, -0.2) is 28.0 Å². The summed E-state index contributed by atoms with van der Waals surface area (Å²) < 4.78 is 6.34. The summed E-state index contributed by atoms with van der Waals surface area (Å²) in [6.45, 7) is 1.93. The highest BCUT2D eigenvalue weighted by Crippen LogP contribution is 2.18. The van der Waals surface area contributed by atoms with Gasteiger partial charge in [0.2, 0.25) is 5.91 Å². The van der Waals surface area contributed by atoms with E-state index in [4.69, 9.17) is 16.2 Å². The summed E-state index contributed by atoms with van der Waals surface area (Å²) >= 11 is 0. The van der Waals surface area contributed by atoms with Gasteiger partial charge in [-0.3, -0.25) is 9.36 Å². The zero-order chi connectivity index (χ0) is 14.7. The van der Waals surface area contributed by atoms with Gasteiger partial charge in [-0.25, -0.2) is 9.78 Å². The van der Waals surface area contributed by atoms with Crippen LogP contribution >= 0.6 is 0 Å². The van der Waals surface area contributed by atoms with E-state index in [9.17, 15) is 9.59 Å². The van der Waals surface area contributed by atoms with Crippen molar-refractivity contribution in [3.8, 4) is 5.69 Å². The van der Waals surface area contributed by atoms with E-state index in [1.807, 2.05) is 0 Å². The normalized spacial score (nSPS) is 10.2. The first kappa shape index (κ1) is 13.6. The standard InChI is InChI=1S/C13H14N4O3/c1-2-20-13(19)10-11(14)17(7-16-10)9-5-3-4-8(6-9)12(15)18/h3-7H,2,14H2,1H3,(H2,15,18). The minimum atomic E-state index is -0.588. The van der Waals surface area contributed by atoms with Crippen LogP contribution in [0.3, 0.4) is 0 Å². The van der Waals surface area contributed by atoms with Gasteiger partial charge < -0.3 is 16.2 Å². The molecule has 0 bridgehead atoms. The molecule has 0 aliphatic rings. The van der Waals surface area contributed by atoms with Crippen LogP contribution in [0.5, 0.6) is 0 Å². The summed E-state index contributed by atoms with van der Waals surface area (Å²) in [6, 6.07) is 6.54. The van der Waals surface area contributed by atoms with E-state index < -0.39 is 11.9 Å². The second-order valence-corrected chi connectivity index (χ2v) is 3.98. The highest BCUT2D eigenvalue weighted by molar-refractivity contribution is 5.94. The number of esters is 1. The molecule has 1 aromatic heterocycles. The molecular weight excluding hydrogens is 260 g/mol. The lowest BCUT2D eigenvalue weighted by molar-refractivity contribution is 0.0521. The molecule has 0 spiro atoms. The molecule has 1 heterocycles. The number of nitrogens with zero attached hydrogens (tertiary/aromatic N) is 2. The van der Waals surface area contributed by atoms with E-state index in [1.165, 1.54) is 10.9 Å². The summed E-state index contributed by atoms with van der Waals surface area (Å²) in [4.78, 5) is 26.7. The Hall–Kier alpha value is -2.83. The molecule has 2 aromatic rings. The van der Waals surface area contributed by atoms with Gasteiger partial charge in [-0.2, -0.15) is 0 Å². The quantitative estimate of drug-likeness (QED) is 0.798. The third-order valence-corrected chi connectivity index (χ3v) is 2.68. The van der Waals surface area contributed by atoms with Crippen molar-refractivity contribution in [3.05, 3.63) is 41.9 Å². The number of nitrogens with two attached hydrogens (primary N) is 2. The number of ether oxygens (including phenoxy) is 1. The van der Waals surface area contributed by atoms with E-state index in [-0.39, 0.29) is 18.1 Å². The van der Waals surface area contributed by atoms with Gasteiger partial charge in [0.15, 0.2) is 5.69 Å². The van der Waals surface area contributed by atoms with Crippen molar-refractivity contribution < 1.29 is 14.3 Å². The maximum absolute atomic E-state index is 11.6. The molecule has 2 rings (SSSR count). The fourth-order valence-corrected chi connectivity index (χ4v) is 1.73. The minimum absolute atomic E-state index is 0.0383. The van der Waals surface area contributed by atoms with Crippen LogP contribution in [0.4, 0.5) is 5.82 Å². The van der Waals surface area contributed by atoms with Crippen molar-refractivity contribution in [1.82, 2.24) is 9.55 Å². The molecule has 0 radical (unpaired) electrons. The van der Waals surface area contributed by atoms with Gasteiger partial charge in [0.1, 0.15) is 12.1 Å². The Kier molecular flexibility index (Phi) is 3.69. The fraction of sp³-hybridized carbons (Fsp3) is 0.154. The second kappa shape index (κ2) is 5.43. The molecule has 7 nitrogen and oxygen atoms in total. The number of hydrogen-bond acceptors (Lipinski definition) is 5. The SMILES string of the molecule is CCOC(=O)c1ncn(-c2cccc(C(N)=O)c2)c1N. The molecule has 1 amide bonds. The Morgan fingerprint density at radius 2 is 2.15 bits per heavy atom. The van der Waals surface area contributed by atoms with Crippen molar-refractivity contribution in [2.75, 3.05) is 12.3 Å². The lowest BCUT2D eigenvalue weighted by Crippen LogP contribution is -2.12. The largest absolute Gasteiger partial charge is 0.461 e. The number of anilines is 1. The van der Waals surface area contributed by atoms with Crippen molar-refractivity contribution in [2.45, 2.75) is 6.92 Å².